The minimum Gasteiger partial charge on any atom is -0.387 e. The van der Waals surface area contributed by atoms with Gasteiger partial charge in [0.25, 0.3) is 0 Å². The van der Waals surface area contributed by atoms with Gasteiger partial charge in [0.2, 0.25) is 0 Å². The molecule has 2 bridgehead atoms. The van der Waals surface area contributed by atoms with Crippen LogP contribution in [0.2, 0.25) is 0 Å². The van der Waals surface area contributed by atoms with E-state index < -0.39 is 12.3 Å². The molecular weight excluding hydrogens is 238 g/mol. The molecule has 2 aliphatic rings. The third kappa shape index (κ3) is 1.17. The van der Waals surface area contributed by atoms with Crippen LogP contribution in [0.4, 0.5) is 5.82 Å². The molecule has 0 spiro atoms. The van der Waals surface area contributed by atoms with E-state index in [1.54, 1.807) is 10.9 Å². The molecule has 2 fully saturated rings. The molecule has 8 nitrogen and oxygen atoms in total. The quantitative estimate of drug-likeness (QED) is 0.671. The highest BCUT2D eigenvalue weighted by Crippen LogP contribution is 2.38. The van der Waals surface area contributed by atoms with Crippen LogP contribution < -0.4 is 5.73 Å². The molecule has 0 aliphatic carbocycles. The van der Waals surface area contributed by atoms with Gasteiger partial charge in [0, 0.05) is 0 Å². The normalized spacial score (nSPS) is 34.5. The number of hydrogen-bond donors (Lipinski definition) is 2. The van der Waals surface area contributed by atoms with Gasteiger partial charge in [-0.2, -0.15) is 0 Å². The Morgan fingerprint density at radius 1 is 1.39 bits per heavy atom. The monoisotopic (exact) mass is 249 g/mol. The summed E-state index contributed by atoms with van der Waals surface area (Å²) in [5.74, 6) is 0.323. The van der Waals surface area contributed by atoms with Crippen LogP contribution in [0.3, 0.4) is 0 Å². The Hall–Kier alpha value is -1.77. The summed E-state index contributed by atoms with van der Waals surface area (Å²) >= 11 is 0. The zero-order valence-electron chi connectivity index (χ0n) is 9.30. The number of ether oxygens (including phenoxy) is 2. The number of aliphatic hydroxyl groups is 1. The number of aliphatic hydroxyl groups excluding tert-OH is 1. The first-order valence-corrected chi connectivity index (χ1v) is 5.64. The molecule has 2 aromatic rings. The van der Waals surface area contributed by atoms with Crippen molar-refractivity contribution in [3.63, 3.8) is 0 Å². The summed E-state index contributed by atoms with van der Waals surface area (Å²) in [6.07, 6.45) is 1.27. The maximum Gasteiger partial charge on any atom is 0.167 e. The molecule has 0 aromatic carbocycles. The second-order valence-electron chi connectivity index (χ2n) is 4.44. The van der Waals surface area contributed by atoms with E-state index >= 15 is 0 Å². The van der Waals surface area contributed by atoms with Gasteiger partial charge in [-0.25, -0.2) is 15.0 Å². The number of nitrogens with zero attached hydrogens (tertiary/aromatic N) is 4. The van der Waals surface area contributed by atoms with E-state index in [-0.39, 0.29) is 12.2 Å². The van der Waals surface area contributed by atoms with Crippen LogP contribution in [0.5, 0.6) is 0 Å². The standard InChI is InChI=1S/C10H11N5O3/c11-8-5-9(13-2-12-8)15(3-14-5)10-7-6(16)4(18-10)1-17-7/h2-4,6-7,10,16H,1H2,(H2,11,12,13)/t4-,6-,7+,10-/m1/s1. The highest BCUT2D eigenvalue weighted by molar-refractivity contribution is 5.81. The summed E-state index contributed by atoms with van der Waals surface area (Å²) < 4.78 is 12.9. The first-order valence-electron chi connectivity index (χ1n) is 5.64. The van der Waals surface area contributed by atoms with Crippen molar-refractivity contribution in [3.05, 3.63) is 12.7 Å². The summed E-state index contributed by atoms with van der Waals surface area (Å²) in [7, 11) is 0. The van der Waals surface area contributed by atoms with Crippen LogP contribution in [0.15, 0.2) is 12.7 Å². The van der Waals surface area contributed by atoms with Crippen LogP contribution in [-0.2, 0) is 9.47 Å². The number of aromatic nitrogens is 4. The number of anilines is 1. The fourth-order valence-corrected chi connectivity index (χ4v) is 2.52. The van der Waals surface area contributed by atoms with Gasteiger partial charge in [-0.3, -0.25) is 4.57 Å². The van der Waals surface area contributed by atoms with E-state index in [4.69, 9.17) is 15.2 Å². The summed E-state index contributed by atoms with van der Waals surface area (Å²) in [4.78, 5) is 12.2. The van der Waals surface area contributed by atoms with Crippen LogP contribution >= 0.6 is 0 Å². The topological polar surface area (TPSA) is 108 Å². The van der Waals surface area contributed by atoms with Crippen molar-refractivity contribution in [2.24, 2.45) is 0 Å². The first-order chi connectivity index (χ1) is 8.75. The predicted octanol–water partition coefficient (Wildman–Crippen LogP) is -0.934. The average molecular weight is 249 g/mol. The van der Waals surface area contributed by atoms with Gasteiger partial charge >= 0.3 is 0 Å². The molecule has 2 aliphatic heterocycles. The molecule has 8 heteroatoms. The van der Waals surface area contributed by atoms with Crippen molar-refractivity contribution >= 4 is 17.0 Å². The Morgan fingerprint density at radius 3 is 3.00 bits per heavy atom. The van der Waals surface area contributed by atoms with Gasteiger partial charge in [-0.15, -0.1) is 0 Å². The van der Waals surface area contributed by atoms with E-state index in [2.05, 4.69) is 15.0 Å². The van der Waals surface area contributed by atoms with Crippen LogP contribution in [-0.4, -0.2) is 49.5 Å². The number of hydrogen-bond acceptors (Lipinski definition) is 7. The van der Waals surface area contributed by atoms with Crippen molar-refractivity contribution in [1.82, 2.24) is 19.5 Å². The molecule has 94 valence electrons. The molecular formula is C10H11N5O3. The van der Waals surface area contributed by atoms with Crippen molar-refractivity contribution in [3.8, 4) is 0 Å². The van der Waals surface area contributed by atoms with Crippen LogP contribution in [0.1, 0.15) is 6.23 Å². The second-order valence-corrected chi connectivity index (χ2v) is 4.44. The number of fused-ring (bicyclic) bond motifs is 3. The molecule has 0 unspecified atom stereocenters. The Labute approximate surface area is 101 Å². The summed E-state index contributed by atoms with van der Waals surface area (Å²) in [6, 6.07) is 0. The average Bonchev–Trinajstić information content (AvgIpc) is 3.03. The van der Waals surface area contributed by atoms with E-state index in [0.29, 0.717) is 23.6 Å². The second kappa shape index (κ2) is 3.37. The summed E-state index contributed by atoms with van der Waals surface area (Å²) in [5.41, 5.74) is 6.83. The molecule has 3 N–H and O–H groups in total. The molecule has 0 amide bonds. The molecule has 18 heavy (non-hydrogen) atoms. The molecule has 0 radical (unpaired) electrons. The molecule has 2 saturated heterocycles. The van der Waals surface area contributed by atoms with E-state index in [1.807, 2.05) is 0 Å². The van der Waals surface area contributed by atoms with Gasteiger partial charge in [0.1, 0.15) is 30.2 Å². The molecule has 4 atom stereocenters. The minimum atomic E-state index is -0.605. The Bertz CT molecular complexity index is 615. The van der Waals surface area contributed by atoms with Gasteiger partial charge in [0.15, 0.2) is 17.7 Å². The van der Waals surface area contributed by atoms with Gasteiger partial charge in [-0.05, 0) is 0 Å². The number of imidazole rings is 1. The molecule has 4 rings (SSSR count). The Kier molecular flexibility index (Phi) is 1.91. The number of nitrogen functional groups attached to an aromatic ring is 1. The summed E-state index contributed by atoms with van der Waals surface area (Å²) in [6.45, 7) is 0.423. The van der Waals surface area contributed by atoms with Crippen LogP contribution in [0, 0.1) is 0 Å². The highest BCUT2D eigenvalue weighted by atomic mass is 16.6. The predicted molar refractivity (Wildman–Crippen MR) is 59.4 cm³/mol. The first kappa shape index (κ1) is 10.2. The highest BCUT2D eigenvalue weighted by Gasteiger charge is 2.51. The van der Waals surface area contributed by atoms with Crippen molar-refractivity contribution in [1.29, 1.82) is 0 Å². The maximum atomic E-state index is 9.88. The zero-order valence-corrected chi connectivity index (χ0v) is 9.30. The Morgan fingerprint density at radius 2 is 2.28 bits per heavy atom. The lowest BCUT2D eigenvalue weighted by molar-refractivity contribution is -0.125. The smallest absolute Gasteiger partial charge is 0.167 e. The lowest BCUT2D eigenvalue weighted by atomic mass is 10.2. The summed E-state index contributed by atoms with van der Waals surface area (Å²) in [5, 5.41) is 9.88. The third-order valence-electron chi connectivity index (χ3n) is 3.43. The zero-order chi connectivity index (χ0) is 12.3. The third-order valence-corrected chi connectivity index (χ3v) is 3.43. The number of nitrogens with two attached hydrogens (primary N) is 1. The maximum absolute atomic E-state index is 9.88. The van der Waals surface area contributed by atoms with E-state index in [1.165, 1.54) is 6.33 Å². The van der Waals surface area contributed by atoms with Crippen molar-refractivity contribution in [2.75, 3.05) is 12.3 Å². The van der Waals surface area contributed by atoms with Crippen LogP contribution in [0.25, 0.3) is 11.2 Å². The van der Waals surface area contributed by atoms with Crippen molar-refractivity contribution < 1.29 is 14.6 Å². The van der Waals surface area contributed by atoms with Gasteiger partial charge < -0.3 is 20.3 Å². The SMILES string of the molecule is Nc1ncnc2c1ncn2[C@@H]1O[C@@H]2CO[C@H]1[C@@H]2O. The van der Waals surface area contributed by atoms with Gasteiger partial charge in [-0.1, -0.05) is 0 Å². The lowest BCUT2D eigenvalue weighted by Crippen LogP contribution is -2.28. The fraction of sp³-hybridized carbons (Fsp3) is 0.500. The minimum absolute atomic E-state index is 0.281. The van der Waals surface area contributed by atoms with Crippen molar-refractivity contribution in [2.45, 2.75) is 24.5 Å². The largest absolute Gasteiger partial charge is 0.387 e. The number of rotatable bonds is 1. The van der Waals surface area contributed by atoms with E-state index in [0.717, 1.165) is 0 Å². The molecule has 2 aromatic heterocycles. The van der Waals surface area contributed by atoms with E-state index in [9.17, 15) is 5.11 Å². The van der Waals surface area contributed by atoms with Gasteiger partial charge in [0.05, 0.1) is 12.9 Å². The fourth-order valence-electron chi connectivity index (χ4n) is 2.52. The lowest BCUT2D eigenvalue weighted by Gasteiger charge is -2.23. The Balaban J connectivity index is 1.82. The molecule has 4 heterocycles. The molecule has 0 saturated carbocycles.